The van der Waals surface area contributed by atoms with E-state index in [1.54, 1.807) is 72.8 Å². The molecule has 0 unspecified atom stereocenters. The monoisotopic (exact) mass is 426 g/mol. The minimum atomic E-state index is -1.54. The number of anilines is 2. The number of imide groups is 2. The number of carbonyl (C=O) groups is 4. The highest BCUT2D eigenvalue weighted by Gasteiger charge is 2.75. The Balaban J connectivity index is 1.51. The van der Waals surface area contributed by atoms with Gasteiger partial charge >= 0.3 is 0 Å². The lowest BCUT2D eigenvalue weighted by Crippen LogP contribution is -2.56. The van der Waals surface area contributed by atoms with Crippen molar-refractivity contribution in [3.8, 4) is 0 Å². The van der Waals surface area contributed by atoms with Crippen molar-refractivity contribution in [2.24, 2.45) is 16.9 Å². The van der Waals surface area contributed by atoms with Crippen LogP contribution in [-0.4, -0.2) is 46.4 Å². The van der Waals surface area contributed by atoms with Gasteiger partial charge in [0.2, 0.25) is 17.7 Å². The Hall–Kier alpha value is -4.07. The SMILES string of the molecule is O=C1C[C@@]2(C(=O)N1c1ccccc1)[C@@H]1C(=O)N(c3ccccc3)C(=O)[C@@H]1[C@@H]1C=CC=NN12. The average Bonchev–Trinajstić information content (AvgIpc) is 3.36. The molecule has 8 heteroatoms. The van der Waals surface area contributed by atoms with Crippen molar-refractivity contribution in [1.82, 2.24) is 5.01 Å². The molecule has 4 heterocycles. The first-order valence-corrected chi connectivity index (χ1v) is 10.4. The molecule has 3 fully saturated rings. The Morgan fingerprint density at radius 1 is 0.812 bits per heavy atom. The van der Waals surface area contributed by atoms with Gasteiger partial charge in [-0.2, -0.15) is 5.10 Å². The molecule has 0 saturated carbocycles. The van der Waals surface area contributed by atoms with Gasteiger partial charge < -0.3 is 0 Å². The first kappa shape index (κ1) is 18.7. The molecule has 1 spiro atoms. The van der Waals surface area contributed by atoms with Crippen molar-refractivity contribution in [2.75, 3.05) is 9.80 Å². The number of amides is 4. The summed E-state index contributed by atoms with van der Waals surface area (Å²) in [5.74, 6) is -3.59. The predicted octanol–water partition coefficient (Wildman–Crippen LogP) is 1.73. The molecule has 4 aliphatic heterocycles. The summed E-state index contributed by atoms with van der Waals surface area (Å²) in [7, 11) is 0. The van der Waals surface area contributed by atoms with Crippen molar-refractivity contribution >= 4 is 41.2 Å². The summed E-state index contributed by atoms with van der Waals surface area (Å²) in [6.45, 7) is 0. The number of hydrogen-bond acceptors (Lipinski definition) is 6. The van der Waals surface area contributed by atoms with Crippen LogP contribution in [0.15, 0.2) is 77.9 Å². The standard InChI is InChI=1S/C24H18N4O4/c29-18-14-24(23(32)26(18)15-8-3-1-4-9-15)20-19(17-12-7-13-25-28(17)24)21(30)27(22(20)31)16-10-5-2-6-11-16/h1-13,17,19-20H,14H2/t17-,19+,20-,24-/m0/s1. The van der Waals surface area contributed by atoms with Gasteiger partial charge in [0.15, 0.2) is 5.54 Å². The predicted molar refractivity (Wildman–Crippen MR) is 115 cm³/mol. The summed E-state index contributed by atoms with van der Waals surface area (Å²) >= 11 is 0. The maximum Gasteiger partial charge on any atom is 0.262 e. The average molecular weight is 426 g/mol. The number of fused-ring (bicyclic) bond motifs is 5. The van der Waals surface area contributed by atoms with E-state index in [4.69, 9.17) is 0 Å². The van der Waals surface area contributed by atoms with Gasteiger partial charge in [-0.05, 0) is 30.3 Å². The zero-order chi connectivity index (χ0) is 22.0. The molecule has 3 saturated heterocycles. The van der Waals surface area contributed by atoms with Crippen LogP contribution in [0, 0.1) is 11.8 Å². The van der Waals surface area contributed by atoms with Gasteiger partial charge in [-0.3, -0.25) is 24.2 Å². The number of carbonyl (C=O) groups excluding carboxylic acids is 4. The first-order valence-electron chi connectivity index (χ1n) is 10.4. The maximum atomic E-state index is 13.9. The molecule has 158 valence electrons. The van der Waals surface area contributed by atoms with E-state index in [0.717, 1.165) is 9.80 Å². The molecule has 4 aliphatic rings. The van der Waals surface area contributed by atoms with Crippen LogP contribution in [0.2, 0.25) is 0 Å². The summed E-state index contributed by atoms with van der Waals surface area (Å²) in [5, 5.41) is 5.91. The number of hydrazone groups is 1. The molecule has 8 nitrogen and oxygen atoms in total. The van der Waals surface area contributed by atoms with E-state index in [0.29, 0.717) is 11.4 Å². The van der Waals surface area contributed by atoms with Gasteiger partial charge in [0.1, 0.15) is 0 Å². The van der Waals surface area contributed by atoms with Crippen molar-refractivity contribution in [3.63, 3.8) is 0 Å². The molecule has 0 radical (unpaired) electrons. The van der Waals surface area contributed by atoms with E-state index in [2.05, 4.69) is 5.10 Å². The van der Waals surface area contributed by atoms with Gasteiger partial charge in [-0.1, -0.05) is 42.5 Å². The van der Waals surface area contributed by atoms with Crippen LogP contribution in [0.25, 0.3) is 0 Å². The number of para-hydroxylation sites is 2. The fourth-order valence-corrected chi connectivity index (χ4v) is 5.54. The highest BCUT2D eigenvalue weighted by Crippen LogP contribution is 2.55. The summed E-state index contributed by atoms with van der Waals surface area (Å²) in [6, 6.07) is 16.7. The van der Waals surface area contributed by atoms with Crippen LogP contribution in [0.1, 0.15) is 6.42 Å². The molecule has 2 aromatic carbocycles. The molecule has 2 aromatic rings. The van der Waals surface area contributed by atoms with Gasteiger partial charge in [0.05, 0.1) is 35.7 Å². The Kier molecular flexibility index (Phi) is 3.77. The number of rotatable bonds is 2. The molecule has 6 rings (SSSR count). The lowest BCUT2D eigenvalue weighted by molar-refractivity contribution is -0.135. The van der Waals surface area contributed by atoms with Gasteiger partial charge in [-0.15, -0.1) is 0 Å². The van der Waals surface area contributed by atoms with Gasteiger partial charge in [0.25, 0.3) is 5.91 Å². The topological polar surface area (TPSA) is 90.4 Å². The van der Waals surface area contributed by atoms with Crippen molar-refractivity contribution < 1.29 is 19.2 Å². The van der Waals surface area contributed by atoms with Crippen LogP contribution >= 0.6 is 0 Å². The number of nitrogens with zero attached hydrogens (tertiary/aromatic N) is 4. The maximum absolute atomic E-state index is 13.9. The van der Waals surface area contributed by atoms with E-state index in [1.165, 1.54) is 11.2 Å². The largest absolute Gasteiger partial charge is 0.274 e. The second kappa shape index (κ2) is 6.46. The zero-order valence-corrected chi connectivity index (χ0v) is 16.9. The summed E-state index contributed by atoms with van der Waals surface area (Å²) < 4.78 is 0. The van der Waals surface area contributed by atoms with Crippen LogP contribution < -0.4 is 9.80 Å². The number of allylic oxidation sites excluding steroid dienone is 1. The molecule has 32 heavy (non-hydrogen) atoms. The van der Waals surface area contributed by atoms with E-state index < -0.39 is 41.1 Å². The Morgan fingerprint density at radius 2 is 1.44 bits per heavy atom. The molecule has 0 aromatic heterocycles. The fraction of sp³-hybridized carbons (Fsp3) is 0.208. The molecule has 4 atom stereocenters. The zero-order valence-electron chi connectivity index (χ0n) is 16.9. The molecule has 0 bridgehead atoms. The number of benzene rings is 2. The highest BCUT2D eigenvalue weighted by atomic mass is 16.2. The number of hydrogen-bond donors (Lipinski definition) is 0. The quantitative estimate of drug-likeness (QED) is 0.683. The van der Waals surface area contributed by atoms with Gasteiger partial charge in [-0.25, -0.2) is 9.80 Å². The normalized spacial score (nSPS) is 30.6. The summed E-state index contributed by atoms with van der Waals surface area (Å²) in [4.78, 5) is 56.6. The minimum absolute atomic E-state index is 0.217. The molecule has 0 aliphatic carbocycles. The minimum Gasteiger partial charge on any atom is -0.274 e. The molecule has 0 N–H and O–H groups in total. The van der Waals surface area contributed by atoms with Crippen molar-refractivity contribution in [1.29, 1.82) is 0 Å². The van der Waals surface area contributed by atoms with Crippen LogP contribution in [-0.2, 0) is 19.2 Å². The van der Waals surface area contributed by atoms with E-state index in [1.807, 2.05) is 0 Å². The van der Waals surface area contributed by atoms with E-state index >= 15 is 0 Å². The lowest BCUT2D eigenvalue weighted by atomic mass is 9.79. The Labute approximate surface area is 183 Å². The van der Waals surface area contributed by atoms with Crippen LogP contribution in [0.4, 0.5) is 11.4 Å². The van der Waals surface area contributed by atoms with E-state index in [-0.39, 0.29) is 12.3 Å². The van der Waals surface area contributed by atoms with E-state index in [9.17, 15) is 19.2 Å². The second-order valence-corrected chi connectivity index (χ2v) is 8.31. The third kappa shape index (κ3) is 2.18. The Bertz CT molecular complexity index is 1190. The van der Waals surface area contributed by atoms with Crippen molar-refractivity contribution in [3.05, 3.63) is 72.8 Å². The highest BCUT2D eigenvalue weighted by molar-refractivity contribution is 6.30. The van der Waals surface area contributed by atoms with Crippen molar-refractivity contribution in [2.45, 2.75) is 18.0 Å². The third-order valence-electron chi connectivity index (χ3n) is 6.78. The lowest BCUT2D eigenvalue weighted by Gasteiger charge is -2.37. The van der Waals surface area contributed by atoms with Gasteiger partial charge in [0, 0.05) is 6.21 Å². The van der Waals surface area contributed by atoms with Crippen LogP contribution in [0.3, 0.4) is 0 Å². The molecule has 4 amide bonds. The first-order chi connectivity index (χ1) is 15.6. The summed E-state index contributed by atoms with van der Waals surface area (Å²) in [6.07, 6.45) is 4.79. The fourth-order valence-electron chi connectivity index (χ4n) is 5.54. The third-order valence-corrected chi connectivity index (χ3v) is 6.78. The Morgan fingerprint density at radius 3 is 2.09 bits per heavy atom. The van der Waals surface area contributed by atoms with Crippen LogP contribution in [0.5, 0.6) is 0 Å². The molecular formula is C24H18N4O4. The molecular weight excluding hydrogens is 408 g/mol. The second-order valence-electron chi connectivity index (χ2n) is 8.31. The summed E-state index contributed by atoms with van der Waals surface area (Å²) in [5.41, 5.74) is -0.647. The smallest absolute Gasteiger partial charge is 0.262 e.